The second-order valence-corrected chi connectivity index (χ2v) is 4.41. The quantitative estimate of drug-likeness (QED) is 0.500. The van der Waals surface area contributed by atoms with Crippen molar-refractivity contribution in [1.29, 1.82) is 0 Å². The van der Waals surface area contributed by atoms with Gasteiger partial charge < -0.3 is 0 Å². The molecule has 0 nitrogen and oxygen atoms in total. The van der Waals surface area contributed by atoms with Gasteiger partial charge in [0.25, 0.3) is 0 Å². The van der Waals surface area contributed by atoms with Gasteiger partial charge in [0, 0.05) is 0 Å². The molecule has 0 heteroatoms. The summed E-state index contributed by atoms with van der Waals surface area (Å²) in [5.74, 6) is 0. The van der Waals surface area contributed by atoms with Crippen LogP contribution in [0.1, 0.15) is 40.7 Å². The maximum Gasteiger partial charge on any atom is -0.0273 e. The van der Waals surface area contributed by atoms with Crippen molar-refractivity contribution >= 4 is 0 Å². The van der Waals surface area contributed by atoms with Crippen LogP contribution in [0.5, 0.6) is 0 Å². The van der Waals surface area contributed by atoms with Crippen molar-refractivity contribution in [2.45, 2.75) is 47.0 Å². The van der Waals surface area contributed by atoms with E-state index in [2.05, 4.69) is 40.3 Å². The molecule has 0 radical (unpaired) electrons. The van der Waals surface area contributed by atoms with Crippen LogP contribution in [-0.2, 0) is 6.42 Å². The molecule has 0 aromatic heterocycles. The minimum absolute atomic E-state index is 1.12. The van der Waals surface area contributed by atoms with Crippen LogP contribution in [0.25, 0.3) is 0 Å². The van der Waals surface area contributed by atoms with E-state index in [1.165, 1.54) is 40.7 Å². The summed E-state index contributed by atoms with van der Waals surface area (Å²) in [5, 5.41) is 0. The first-order valence-corrected chi connectivity index (χ1v) is 5.75. The van der Waals surface area contributed by atoms with Crippen molar-refractivity contribution in [2.75, 3.05) is 0 Å². The molecule has 82 valence electrons. The lowest BCUT2D eigenvalue weighted by Crippen LogP contribution is -1.98. The summed E-state index contributed by atoms with van der Waals surface area (Å²) in [6.07, 6.45) is 5.51. The lowest BCUT2D eigenvalue weighted by Gasteiger charge is -2.13. The standard InChI is InChI=1S/C15H22/c1-6-7-8-9-15-10-11(2)12(3)13(4)14(15)5/h6,10H,1,7-9H2,2-5H3. The van der Waals surface area contributed by atoms with E-state index in [9.17, 15) is 0 Å². The highest BCUT2D eigenvalue weighted by Gasteiger charge is 2.06. The molecule has 0 aliphatic carbocycles. The Bertz CT molecular complexity index is 359. The Hall–Kier alpha value is -1.04. The molecule has 0 aliphatic rings. The smallest absolute Gasteiger partial charge is 0.0273 e. The predicted molar refractivity (Wildman–Crippen MR) is 68.5 cm³/mol. The molecule has 15 heavy (non-hydrogen) atoms. The van der Waals surface area contributed by atoms with Crippen LogP contribution in [0.2, 0.25) is 0 Å². The fourth-order valence-electron chi connectivity index (χ4n) is 1.99. The number of benzene rings is 1. The average molecular weight is 202 g/mol. The number of aryl methyl sites for hydroxylation is 2. The van der Waals surface area contributed by atoms with Crippen molar-refractivity contribution in [3.8, 4) is 0 Å². The van der Waals surface area contributed by atoms with Crippen LogP contribution in [0, 0.1) is 27.7 Å². The molecule has 0 amide bonds. The number of allylic oxidation sites excluding steroid dienone is 1. The lowest BCUT2D eigenvalue weighted by molar-refractivity contribution is 0.835. The van der Waals surface area contributed by atoms with Gasteiger partial charge in [-0.25, -0.2) is 0 Å². The fourth-order valence-corrected chi connectivity index (χ4v) is 1.99. The molecule has 0 N–H and O–H groups in total. The molecule has 0 atom stereocenters. The summed E-state index contributed by atoms with van der Waals surface area (Å²) >= 11 is 0. The topological polar surface area (TPSA) is 0 Å². The van der Waals surface area contributed by atoms with Crippen LogP contribution in [0.4, 0.5) is 0 Å². The highest BCUT2D eigenvalue weighted by Crippen LogP contribution is 2.22. The maximum atomic E-state index is 3.76. The Morgan fingerprint density at radius 2 is 1.73 bits per heavy atom. The van der Waals surface area contributed by atoms with Crippen molar-refractivity contribution in [2.24, 2.45) is 0 Å². The molecule has 0 bridgehead atoms. The molecular formula is C15H22. The molecule has 0 saturated heterocycles. The lowest BCUT2D eigenvalue weighted by atomic mass is 9.92. The zero-order valence-corrected chi connectivity index (χ0v) is 10.5. The minimum atomic E-state index is 1.12. The van der Waals surface area contributed by atoms with E-state index in [1.807, 2.05) is 6.08 Å². The summed E-state index contributed by atoms with van der Waals surface area (Å²) in [7, 11) is 0. The Kier molecular flexibility index (Phi) is 4.14. The number of unbranched alkanes of at least 4 members (excludes halogenated alkanes) is 1. The van der Waals surface area contributed by atoms with Gasteiger partial charge in [-0.1, -0.05) is 12.1 Å². The maximum absolute atomic E-state index is 3.76. The Balaban J connectivity index is 2.93. The second kappa shape index (κ2) is 5.16. The normalized spacial score (nSPS) is 10.4. The first kappa shape index (κ1) is 12.0. The monoisotopic (exact) mass is 202 g/mol. The van der Waals surface area contributed by atoms with E-state index in [1.54, 1.807) is 0 Å². The van der Waals surface area contributed by atoms with Crippen molar-refractivity contribution in [1.82, 2.24) is 0 Å². The SMILES string of the molecule is C=CCCCc1cc(C)c(C)c(C)c1C. The van der Waals surface area contributed by atoms with E-state index in [0.29, 0.717) is 0 Å². The molecule has 0 unspecified atom stereocenters. The fraction of sp³-hybridized carbons (Fsp3) is 0.467. The summed E-state index contributed by atoms with van der Waals surface area (Å²) < 4.78 is 0. The Morgan fingerprint density at radius 3 is 2.33 bits per heavy atom. The molecular weight excluding hydrogens is 180 g/mol. The molecule has 0 aliphatic heterocycles. The molecule has 0 spiro atoms. The molecule has 0 saturated carbocycles. The van der Waals surface area contributed by atoms with Gasteiger partial charge in [0.2, 0.25) is 0 Å². The van der Waals surface area contributed by atoms with E-state index < -0.39 is 0 Å². The molecule has 0 fully saturated rings. The molecule has 1 aromatic rings. The zero-order valence-electron chi connectivity index (χ0n) is 10.5. The largest absolute Gasteiger partial charge is 0.103 e. The molecule has 1 aromatic carbocycles. The number of rotatable bonds is 4. The number of hydrogen-bond acceptors (Lipinski definition) is 0. The summed E-state index contributed by atoms with van der Waals surface area (Å²) in [6, 6.07) is 2.35. The Morgan fingerprint density at radius 1 is 1.07 bits per heavy atom. The van der Waals surface area contributed by atoms with Gasteiger partial charge in [-0.3, -0.25) is 0 Å². The average Bonchev–Trinajstić information content (AvgIpc) is 2.23. The van der Waals surface area contributed by atoms with Crippen molar-refractivity contribution in [3.63, 3.8) is 0 Å². The van der Waals surface area contributed by atoms with Crippen molar-refractivity contribution in [3.05, 3.63) is 46.5 Å². The first-order valence-electron chi connectivity index (χ1n) is 5.75. The first-order chi connectivity index (χ1) is 7.07. The third kappa shape index (κ3) is 2.71. The van der Waals surface area contributed by atoms with Gasteiger partial charge in [-0.2, -0.15) is 0 Å². The van der Waals surface area contributed by atoms with Crippen LogP contribution in [0.3, 0.4) is 0 Å². The van der Waals surface area contributed by atoms with Gasteiger partial charge in [0.05, 0.1) is 0 Å². The summed E-state index contributed by atoms with van der Waals surface area (Å²) in [4.78, 5) is 0. The van der Waals surface area contributed by atoms with Crippen LogP contribution >= 0.6 is 0 Å². The molecule has 1 rings (SSSR count). The summed E-state index contributed by atoms with van der Waals surface area (Å²) in [6.45, 7) is 12.7. The van der Waals surface area contributed by atoms with Crippen molar-refractivity contribution < 1.29 is 0 Å². The highest BCUT2D eigenvalue weighted by molar-refractivity contribution is 5.43. The van der Waals surface area contributed by atoms with E-state index in [-0.39, 0.29) is 0 Å². The highest BCUT2D eigenvalue weighted by atomic mass is 14.1. The van der Waals surface area contributed by atoms with Gasteiger partial charge in [0.15, 0.2) is 0 Å². The molecule has 0 heterocycles. The Labute approximate surface area is 94.0 Å². The van der Waals surface area contributed by atoms with Crippen LogP contribution in [0.15, 0.2) is 18.7 Å². The van der Waals surface area contributed by atoms with Gasteiger partial charge in [-0.05, 0) is 74.8 Å². The van der Waals surface area contributed by atoms with Gasteiger partial charge in [-0.15, -0.1) is 6.58 Å². The third-order valence-electron chi connectivity index (χ3n) is 3.44. The van der Waals surface area contributed by atoms with E-state index in [4.69, 9.17) is 0 Å². The zero-order chi connectivity index (χ0) is 11.4. The third-order valence-corrected chi connectivity index (χ3v) is 3.44. The van der Waals surface area contributed by atoms with Crippen LogP contribution in [-0.4, -0.2) is 0 Å². The number of hydrogen-bond donors (Lipinski definition) is 0. The predicted octanol–water partition coefficient (Wildman–Crippen LogP) is 4.43. The van der Waals surface area contributed by atoms with Gasteiger partial charge in [0.1, 0.15) is 0 Å². The summed E-state index contributed by atoms with van der Waals surface area (Å²) in [5.41, 5.74) is 7.31. The second-order valence-electron chi connectivity index (χ2n) is 4.41. The van der Waals surface area contributed by atoms with Crippen LogP contribution < -0.4 is 0 Å². The van der Waals surface area contributed by atoms with E-state index in [0.717, 1.165) is 6.42 Å². The van der Waals surface area contributed by atoms with Gasteiger partial charge >= 0.3 is 0 Å². The van der Waals surface area contributed by atoms with E-state index >= 15 is 0 Å². The minimum Gasteiger partial charge on any atom is -0.103 e.